The number of hydrogen-bond donors (Lipinski definition) is 1. The summed E-state index contributed by atoms with van der Waals surface area (Å²) in [5.41, 5.74) is 0.960. The molecule has 0 atom stereocenters. The van der Waals surface area contributed by atoms with Crippen LogP contribution in [0, 0.1) is 0 Å². The maximum atomic E-state index is 10.8. The largest absolute Gasteiger partial charge is 0.478 e. The molecule has 5 nitrogen and oxygen atoms in total. The first-order chi connectivity index (χ1) is 7.56. The Bertz CT molecular complexity index is 531. The second-order valence-electron chi connectivity index (χ2n) is 3.76. The van der Waals surface area contributed by atoms with Crippen LogP contribution in [0.3, 0.4) is 0 Å². The molecule has 0 saturated carbocycles. The van der Waals surface area contributed by atoms with E-state index in [2.05, 4.69) is 5.10 Å². The molecule has 0 aliphatic heterocycles. The lowest BCUT2D eigenvalue weighted by Gasteiger charge is -2.06. The van der Waals surface area contributed by atoms with Crippen molar-refractivity contribution in [3.63, 3.8) is 0 Å². The second-order valence-corrected chi connectivity index (χ2v) is 3.76. The topological polar surface area (TPSA) is 64.3 Å². The van der Waals surface area contributed by atoms with Crippen LogP contribution in [-0.2, 0) is 0 Å². The molecule has 0 amide bonds. The van der Waals surface area contributed by atoms with Crippen molar-refractivity contribution in [2.75, 3.05) is 0 Å². The maximum Gasteiger partial charge on any atom is 0.335 e. The third-order valence-electron chi connectivity index (χ3n) is 2.05. The van der Waals surface area contributed by atoms with E-state index in [0.717, 1.165) is 5.39 Å². The molecule has 0 fully saturated rings. The van der Waals surface area contributed by atoms with Crippen molar-refractivity contribution in [2.24, 2.45) is 0 Å². The average molecular weight is 220 g/mol. The summed E-state index contributed by atoms with van der Waals surface area (Å²) < 4.78 is 0. The van der Waals surface area contributed by atoms with Crippen LogP contribution in [0.5, 0.6) is 0 Å². The van der Waals surface area contributed by atoms with Crippen LogP contribution in [0.2, 0.25) is 0 Å². The molecule has 1 N–H and O–H groups in total. The first kappa shape index (κ1) is 10.5. The Morgan fingerprint density at radius 2 is 2.25 bits per heavy atom. The summed E-state index contributed by atoms with van der Waals surface area (Å²) >= 11 is 0. The zero-order valence-electron chi connectivity index (χ0n) is 9.04. The molecule has 5 heteroatoms. The number of nitrogens with zero attached hydrogens (tertiary/aromatic N) is 2. The zero-order valence-corrected chi connectivity index (χ0v) is 9.04. The number of benzene rings is 1. The number of aromatic carboxylic acids is 1. The first-order valence-electron chi connectivity index (χ1n) is 4.96. The third kappa shape index (κ3) is 1.98. The highest BCUT2D eigenvalue weighted by atomic mass is 16.7. The Balaban J connectivity index is 2.42. The predicted octanol–water partition coefficient (Wildman–Crippen LogP) is 1.57. The van der Waals surface area contributed by atoms with Gasteiger partial charge in [-0.25, -0.2) is 4.79 Å². The van der Waals surface area contributed by atoms with Gasteiger partial charge in [0.15, 0.2) is 0 Å². The van der Waals surface area contributed by atoms with Gasteiger partial charge in [-0.1, -0.05) is 0 Å². The van der Waals surface area contributed by atoms with Crippen molar-refractivity contribution >= 4 is 16.9 Å². The Labute approximate surface area is 92.2 Å². The molecule has 2 aromatic rings. The SMILES string of the molecule is CC(C)On1cc2cc(C(=O)O)ccc2n1. The van der Waals surface area contributed by atoms with E-state index in [0.29, 0.717) is 5.52 Å². The van der Waals surface area contributed by atoms with E-state index in [-0.39, 0.29) is 11.7 Å². The van der Waals surface area contributed by atoms with E-state index in [1.54, 1.807) is 18.3 Å². The van der Waals surface area contributed by atoms with Crippen molar-refractivity contribution in [3.05, 3.63) is 30.0 Å². The van der Waals surface area contributed by atoms with E-state index in [1.165, 1.54) is 10.9 Å². The Hall–Kier alpha value is -2.04. The van der Waals surface area contributed by atoms with Crippen molar-refractivity contribution < 1.29 is 14.7 Å². The number of carbonyl (C=O) groups is 1. The molecule has 0 saturated heterocycles. The molecule has 0 aliphatic rings. The minimum atomic E-state index is -0.945. The van der Waals surface area contributed by atoms with Gasteiger partial charge in [-0.15, -0.1) is 9.94 Å². The van der Waals surface area contributed by atoms with Crippen LogP contribution in [-0.4, -0.2) is 27.1 Å². The lowest BCUT2D eigenvalue weighted by Crippen LogP contribution is -2.19. The number of rotatable bonds is 3. The van der Waals surface area contributed by atoms with Crippen molar-refractivity contribution in [3.8, 4) is 0 Å². The Morgan fingerprint density at radius 3 is 2.88 bits per heavy atom. The number of hydrogen-bond acceptors (Lipinski definition) is 3. The lowest BCUT2D eigenvalue weighted by molar-refractivity contribution is 0.0374. The minimum absolute atomic E-state index is 0.0215. The van der Waals surface area contributed by atoms with E-state index in [4.69, 9.17) is 9.94 Å². The van der Waals surface area contributed by atoms with Gasteiger partial charge >= 0.3 is 5.97 Å². The van der Waals surface area contributed by atoms with E-state index >= 15 is 0 Å². The number of carboxylic acid groups (broad SMARTS) is 1. The lowest BCUT2D eigenvalue weighted by atomic mass is 10.2. The first-order valence-corrected chi connectivity index (χ1v) is 4.96. The van der Waals surface area contributed by atoms with Gasteiger partial charge in [-0.05, 0) is 32.0 Å². The molecule has 1 aromatic carbocycles. The molecule has 0 aliphatic carbocycles. The Morgan fingerprint density at radius 1 is 1.50 bits per heavy atom. The average Bonchev–Trinajstić information content (AvgIpc) is 2.56. The van der Waals surface area contributed by atoms with E-state index in [1.807, 2.05) is 13.8 Å². The maximum absolute atomic E-state index is 10.8. The summed E-state index contributed by atoms with van der Waals surface area (Å²) in [6, 6.07) is 4.77. The molecule has 16 heavy (non-hydrogen) atoms. The second kappa shape index (κ2) is 3.84. The van der Waals surface area contributed by atoms with Crippen molar-refractivity contribution in [1.82, 2.24) is 9.94 Å². The van der Waals surface area contributed by atoms with Gasteiger partial charge in [-0.2, -0.15) is 0 Å². The third-order valence-corrected chi connectivity index (χ3v) is 2.05. The van der Waals surface area contributed by atoms with Gasteiger partial charge < -0.3 is 9.94 Å². The highest BCUT2D eigenvalue weighted by molar-refractivity contribution is 5.93. The number of fused-ring (bicyclic) bond motifs is 1. The molecule has 0 bridgehead atoms. The molecule has 1 heterocycles. The Kier molecular flexibility index (Phi) is 2.52. The summed E-state index contributed by atoms with van der Waals surface area (Å²) in [5.74, 6) is -0.945. The molecule has 2 rings (SSSR count). The van der Waals surface area contributed by atoms with Crippen molar-refractivity contribution in [2.45, 2.75) is 20.0 Å². The fourth-order valence-electron chi connectivity index (χ4n) is 1.41. The van der Waals surface area contributed by atoms with E-state index < -0.39 is 5.97 Å². The summed E-state index contributed by atoms with van der Waals surface area (Å²) in [4.78, 5) is 17.5. The van der Waals surface area contributed by atoms with Gasteiger partial charge in [0, 0.05) is 5.39 Å². The van der Waals surface area contributed by atoms with Gasteiger partial charge in [0.05, 0.1) is 17.3 Å². The van der Waals surface area contributed by atoms with Gasteiger partial charge in [0.1, 0.15) is 6.10 Å². The number of aromatic nitrogens is 2. The highest BCUT2D eigenvalue weighted by Crippen LogP contribution is 2.14. The fraction of sp³-hybridized carbons (Fsp3) is 0.273. The van der Waals surface area contributed by atoms with Gasteiger partial charge in [0.25, 0.3) is 0 Å². The van der Waals surface area contributed by atoms with Crippen LogP contribution < -0.4 is 4.84 Å². The summed E-state index contributed by atoms with van der Waals surface area (Å²) in [5, 5.41) is 13.7. The molecular weight excluding hydrogens is 208 g/mol. The van der Waals surface area contributed by atoms with Crippen molar-refractivity contribution in [1.29, 1.82) is 0 Å². The quantitative estimate of drug-likeness (QED) is 0.852. The minimum Gasteiger partial charge on any atom is -0.478 e. The molecule has 0 radical (unpaired) electrons. The summed E-state index contributed by atoms with van der Waals surface area (Å²) in [6.45, 7) is 3.80. The number of carboxylic acids is 1. The molecule has 1 aromatic heterocycles. The fourth-order valence-corrected chi connectivity index (χ4v) is 1.41. The summed E-state index contributed by atoms with van der Waals surface area (Å²) in [6.07, 6.45) is 1.69. The monoisotopic (exact) mass is 220 g/mol. The van der Waals surface area contributed by atoms with Gasteiger partial charge in [-0.3, -0.25) is 0 Å². The normalized spacial score (nSPS) is 10.9. The van der Waals surface area contributed by atoms with Crippen LogP contribution in [0.4, 0.5) is 0 Å². The van der Waals surface area contributed by atoms with Crippen LogP contribution in [0.15, 0.2) is 24.4 Å². The molecule has 0 spiro atoms. The molecule has 0 unspecified atom stereocenters. The standard InChI is InChI=1S/C11H12N2O3/c1-7(2)16-13-6-9-5-8(11(14)15)3-4-10(9)12-13/h3-7H,1-2H3,(H,14,15). The molecule has 84 valence electrons. The smallest absolute Gasteiger partial charge is 0.335 e. The van der Waals surface area contributed by atoms with Crippen LogP contribution in [0.1, 0.15) is 24.2 Å². The van der Waals surface area contributed by atoms with E-state index in [9.17, 15) is 4.79 Å². The van der Waals surface area contributed by atoms with Gasteiger partial charge in [0.2, 0.25) is 0 Å². The van der Waals surface area contributed by atoms with Crippen LogP contribution >= 0.6 is 0 Å². The predicted molar refractivity (Wildman–Crippen MR) is 58.4 cm³/mol. The highest BCUT2D eigenvalue weighted by Gasteiger charge is 2.07. The summed E-state index contributed by atoms with van der Waals surface area (Å²) in [7, 11) is 0. The molecular formula is C11H12N2O3. The zero-order chi connectivity index (χ0) is 11.7. The van der Waals surface area contributed by atoms with Crippen LogP contribution in [0.25, 0.3) is 10.9 Å².